The number of hydrogen-bond acceptors (Lipinski definition) is 10. The van der Waals surface area contributed by atoms with Crippen LogP contribution in [0.3, 0.4) is 0 Å². The second kappa shape index (κ2) is 13.1. The summed E-state index contributed by atoms with van der Waals surface area (Å²) in [5.41, 5.74) is 13.3. The van der Waals surface area contributed by atoms with E-state index >= 15 is 0 Å². The minimum atomic E-state index is 0.155. The van der Waals surface area contributed by atoms with Gasteiger partial charge in [0.2, 0.25) is 5.95 Å². The Kier molecular flexibility index (Phi) is 10.5. The quantitative estimate of drug-likeness (QED) is 0.334. The van der Waals surface area contributed by atoms with Crippen molar-refractivity contribution in [3.05, 3.63) is 29.5 Å². The molecule has 0 saturated carbocycles. The molecule has 0 atom stereocenters. The van der Waals surface area contributed by atoms with Gasteiger partial charge in [0.15, 0.2) is 0 Å². The number of benzene rings is 1. The number of nitrogens with two attached hydrogens (primary N) is 2. The van der Waals surface area contributed by atoms with E-state index in [1.807, 2.05) is 12.1 Å². The van der Waals surface area contributed by atoms with Gasteiger partial charge in [-0.2, -0.15) is 4.98 Å². The van der Waals surface area contributed by atoms with Gasteiger partial charge in [-0.25, -0.2) is 4.98 Å². The minimum absolute atomic E-state index is 0.155. The van der Waals surface area contributed by atoms with Crippen LogP contribution in [0.25, 0.3) is 0 Å². The van der Waals surface area contributed by atoms with E-state index in [1.54, 1.807) is 39.3 Å². The zero-order valence-corrected chi connectivity index (χ0v) is 18.5. The van der Waals surface area contributed by atoms with Crippen LogP contribution in [-0.2, 0) is 20.6 Å². The second-order valence-corrected chi connectivity index (χ2v) is 7.32. The molecule has 9 nitrogen and oxygen atoms in total. The Morgan fingerprint density at radius 1 is 0.900 bits per heavy atom. The minimum Gasteiger partial charge on any atom is -0.495 e. The lowest BCUT2D eigenvalue weighted by molar-refractivity contribution is 0.0286. The molecule has 2 rings (SSSR count). The molecular formula is C20H30N4O5S. The smallest absolute Gasteiger partial charge is 0.221 e. The summed E-state index contributed by atoms with van der Waals surface area (Å²) in [5, 5.41) is 0. The van der Waals surface area contributed by atoms with E-state index in [0.29, 0.717) is 45.3 Å². The number of nitrogen functional groups attached to an aromatic ring is 2. The van der Waals surface area contributed by atoms with Gasteiger partial charge >= 0.3 is 0 Å². The number of methoxy groups -OCH3 is 3. The molecule has 30 heavy (non-hydrogen) atoms. The first-order valence-corrected chi connectivity index (χ1v) is 10.5. The third-order valence-corrected chi connectivity index (χ3v) is 5.17. The first kappa shape index (κ1) is 24.0. The lowest BCUT2D eigenvalue weighted by Crippen LogP contribution is -2.09. The van der Waals surface area contributed by atoms with Crippen LogP contribution < -0.4 is 20.9 Å². The average Bonchev–Trinajstić information content (AvgIpc) is 2.74. The highest BCUT2D eigenvalue weighted by atomic mass is 32.2. The molecule has 0 amide bonds. The van der Waals surface area contributed by atoms with E-state index in [-0.39, 0.29) is 5.95 Å². The fourth-order valence-electron chi connectivity index (χ4n) is 2.64. The fourth-order valence-corrected chi connectivity index (χ4v) is 3.61. The third kappa shape index (κ3) is 7.52. The van der Waals surface area contributed by atoms with Crippen LogP contribution in [0, 0.1) is 0 Å². The van der Waals surface area contributed by atoms with Crippen LogP contribution in [0.4, 0.5) is 11.8 Å². The lowest BCUT2D eigenvalue weighted by Gasteiger charge is -2.15. The first-order valence-electron chi connectivity index (χ1n) is 9.48. The number of ether oxygens (including phenoxy) is 5. The van der Waals surface area contributed by atoms with Crippen molar-refractivity contribution in [1.82, 2.24) is 9.97 Å². The van der Waals surface area contributed by atoms with E-state index in [9.17, 15) is 0 Å². The SMILES string of the molecule is COCCOCCOCCSc1c(OC)cc(Cc2cnc(N)nc2N)cc1OC. The largest absolute Gasteiger partial charge is 0.495 e. The molecule has 1 aromatic heterocycles. The van der Waals surface area contributed by atoms with Gasteiger partial charge in [-0.3, -0.25) is 0 Å². The monoisotopic (exact) mass is 438 g/mol. The number of aromatic nitrogens is 2. The molecule has 166 valence electrons. The highest BCUT2D eigenvalue weighted by Crippen LogP contribution is 2.39. The highest BCUT2D eigenvalue weighted by molar-refractivity contribution is 7.99. The van der Waals surface area contributed by atoms with Crippen LogP contribution in [0.1, 0.15) is 11.1 Å². The fraction of sp³-hybridized carbons (Fsp3) is 0.500. The van der Waals surface area contributed by atoms with E-state index in [4.69, 9.17) is 35.2 Å². The van der Waals surface area contributed by atoms with Crippen molar-refractivity contribution in [2.45, 2.75) is 11.3 Å². The zero-order chi connectivity index (χ0) is 21.8. The molecule has 0 unspecified atom stereocenters. The Morgan fingerprint density at radius 2 is 1.53 bits per heavy atom. The first-order chi connectivity index (χ1) is 14.6. The van der Waals surface area contributed by atoms with Crippen molar-refractivity contribution in [3.63, 3.8) is 0 Å². The maximum atomic E-state index is 5.95. The Labute approximate surface area is 181 Å². The number of rotatable bonds is 14. The van der Waals surface area contributed by atoms with Gasteiger partial charge in [0.05, 0.1) is 52.1 Å². The van der Waals surface area contributed by atoms with Gasteiger partial charge in [-0.1, -0.05) is 0 Å². The van der Waals surface area contributed by atoms with E-state index < -0.39 is 0 Å². The molecule has 0 aliphatic carbocycles. The standard InChI is InChI=1S/C20H30N4O5S/c1-25-4-5-28-6-7-29-8-9-30-18-16(26-2)11-14(12-17(18)27-3)10-15-13-23-20(22)24-19(15)21/h11-13H,4-10H2,1-3H3,(H4,21,22,23,24). The predicted octanol–water partition coefficient (Wildman–Crippen LogP) is 2.02. The molecule has 10 heteroatoms. The Bertz CT molecular complexity index is 769. The Morgan fingerprint density at radius 3 is 2.13 bits per heavy atom. The molecule has 0 radical (unpaired) electrons. The second-order valence-electron chi connectivity index (χ2n) is 6.21. The molecule has 1 aromatic carbocycles. The number of thioether (sulfide) groups is 1. The van der Waals surface area contributed by atoms with Gasteiger partial charge in [0.1, 0.15) is 17.3 Å². The normalized spacial score (nSPS) is 10.9. The van der Waals surface area contributed by atoms with Crippen LogP contribution >= 0.6 is 11.8 Å². The van der Waals surface area contributed by atoms with Crippen molar-refractivity contribution in [2.24, 2.45) is 0 Å². The van der Waals surface area contributed by atoms with Crippen LogP contribution in [-0.4, -0.2) is 70.1 Å². The summed E-state index contributed by atoms with van der Waals surface area (Å²) < 4.78 is 27.1. The zero-order valence-electron chi connectivity index (χ0n) is 17.7. The van der Waals surface area contributed by atoms with Gasteiger partial charge in [-0.15, -0.1) is 11.8 Å². The number of hydrogen-bond donors (Lipinski definition) is 2. The molecule has 0 bridgehead atoms. The van der Waals surface area contributed by atoms with Gasteiger partial charge in [-0.05, 0) is 17.7 Å². The Balaban J connectivity index is 1.94. The molecule has 0 spiro atoms. The summed E-state index contributed by atoms with van der Waals surface area (Å²) in [4.78, 5) is 8.94. The summed E-state index contributed by atoms with van der Waals surface area (Å²) in [6.07, 6.45) is 2.17. The molecule has 0 aliphatic heterocycles. The van der Waals surface area contributed by atoms with E-state index in [2.05, 4.69) is 9.97 Å². The molecule has 0 aliphatic rings. The van der Waals surface area contributed by atoms with Crippen molar-refractivity contribution in [1.29, 1.82) is 0 Å². The van der Waals surface area contributed by atoms with E-state index in [0.717, 1.165) is 33.3 Å². The molecule has 2 aromatic rings. The summed E-state index contributed by atoms with van der Waals surface area (Å²) >= 11 is 1.61. The summed E-state index contributed by atoms with van der Waals surface area (Å²) in [6.45, 7) is 2.84. The third-order valence-electron chi connectivity index (χ3n) is 4.11. The maximum absolute atomic E-state index is 5.95. The lowest BCUT2D eigenvalue weighted by atomic mass is 10.1. The molecule has 0 saturated heterocycles. The average molecular weight is 439 g/mol. The molecular weight excluding hydrogens is 408 g/mol. The predicted molar refractivity (Wildman–Crippen MR) is 117 cm³/mol. The van der Waals surface area contributed by atoms with Crippen molar-refractivity contribution < 1.29 is 23.7 Å². The van der Waals surface area contributed by atoms with Gasteiger partial charge in [0.25, 0.3) is 0 Å². The summed E-state index contributed by atoms with van der Waals surface area (Å²) in [5.74, 6) is 2.73. The summed E-state index contributed by atoms with van der Waals surface area (Å²) in [7, 11) is 4.92. The Hall–Kier alpha value is -2.27. The van der Waals surface area contributed by atoms with Crippen molar-refractivity contribution in [2.75, 3.05) is 71.6 Å². The number of anilines is 2. The van der Waals surface area contributed by atoms with E-state index in [1.165, 1.54) is 0 Å². The highest BCUT2D eigenvalue weighted by Gasteiger charge is 2.15. The van der Waals surface area contributed by atoms with Crippen LogP contribution in [0.2, 0.25) is 0 Å². The summed E-state index contributed by atoms with van der Waals surface area (Å²) in [6, 6.07) is 3.93. The van der Waals surface area contributed by atoms with Crippen molar-refractivity contribution >= 4 is 23.5 Å². The molecule has 1 heterocycles. The number of nitrogens with zero attached hydrogens (tertiary/aromatic N) is 2. The molecule has 4 N–H and O–H groups in total. The topological polar surface area (TPSA) is 124 Å². The van der Waals surface area contributed by atoms with Crippen LogP contribution in [0.15, 0.2) is 23.2 Å². The van der Waals surface area contributed by atoms with Gasteiger partial charge in [0, 0.05) is 31.0 Å². The molecule has 0 fully saturated rings. The van der Waals surface area contributed by atoms with Gasteiger partial charge < -0.3 is 35.2 Å². The van der Waals surface area contributed by atoms with Crippen LogP contribution in [0.5, 0.6) is 11.5 Å². The van der Waals surface area contributed by atoms with Crippen molar-refractivity contribution in [3.8, 4) is 11.5 Å². The maximum Gasteiger partial charge on any atom is 0.221 e.